The van der Waals surface area contributed by atoms with Crippen LogP contribution < -0.4 is 20.3 Å². The third-order valence-electron chi connectivity index (χ3n) is 4.10. The lowest BCUT2D eigenvalue weighted by Crippen LogP contribution is -2.50. The number of hydrogen-bond donors (Lipinski definition) is 2. The zero-order valence-electron chi connectivity index (χ0n) is 14.8. The number of benzene rings is 2. The first kappa shape index (κ1) is 17.8. The normalized spacial score (nSPS) is 15.6. The number of rotatable bonds is 6. The van der Waals surface area contributed by atoms with Gasteiger partial charge in [-0.15, -0.1) is 0 Å². The van der Waals surface area contributed by atoms with Crippen LogP contribution in [-0.2, 0) is 9.59 Å². The van der Waals surface area contributed by atoms with Crippen molar-refractivity contribution >= 4 is 23.2 Å². The molecule has 6 heteroatoms. The molecule has 2 N–H and O–H groups in total. The number of para-hydroxylation sites is 3. The molecule has 6 nitrogen and oxygen atoms in total. The number of anilines is 2. The van der Waals surface area contributed by atoms with E-state index in [1.54, 1.807) is 0 Å². The molecule has 0 radical (unpaired) electrons. The molecular formula is C20H23N3O3. The van der Waals surface area contributed by atoms with E-state index in [2.05, 4.69) is 10.6 Å². The van der Waals surface area contributed by atoms with Crippen LogP contribution in [0.25, 0.3) is 0 Å². The molecule has 2 aromatic carbocycles. The summed E-state index contributed by atoms with van der Waals surface area (Å²) in [4.78, 5) is 26.7. The van der Waals surface area contributed by atoms with Crippen LogP contribution in [0.4, 0.5) is 11.4 Å². The van der Waals surface area contributed by atoms with Crippen LogP contribution in [0.5, 0.6) is 5.75 Å². The standard InChI is InChI=1S/C20H23N3O3/c1-2-12-21-20(25)18-13-23(16-10-6-7-11-17(16)26-18)14-19(24)22-15-8-4-3-5-9-15/h3-11,18H,2,12-14H2,1H3,(H,21,25)(H,22,24)/t18-/m1/s1. The molecule has 0 fully saturated rings. The van der Waals surface area contributed by atoms with Gasteiger partial charge in [-0.25, -0.2) is 0 Å². The highest BCUT2D eigenvalue weighted by Gasteiger charge is 2.31. The van der Waals surface area contributed by atoms with Crippen molar-refractivity contribution in [3.05, 3.63) is 54.6 Å². The van der Waals surface area contributed by atoms with Gasteiger partial charge in [0.15, 0.2) is 6.10 Å². The van der Waals surface area contributed by atoms with Gasteiger partial charge in [0.1, 0.15) is 5.75 Å². The van der Waals surface area contributed by atoms with Crippen molar-refractivity contribution in [2.45, 2.75) is 19.4 Å². The van der Waals surface area contributed by atoms with Crippen molar-refractivity contribution in [2.75, 3.05) is 29.9 Å². The van der Waals surface area contributed by atoms with Crippen molar-refractivity contribution in [3.8, 4) is 5.75 Å². The fourth-order valence-electron chi connectivity index (χ4n) is 2.85. The molecule has 26 heavy (non-hydrogen) atoms. The smallest absolute Gasteiger partial charge is 0.262 e. The highest BCUT2D eigenvalue weighted by atomic mass is 16.5. The van der Waals surface area contributed by atoms with Gasteiger partial charge in [0.05, 0.1) is 18.8 Å². The predicted molar refractivity (Wildman–Crippen MR) is 101 cm³/mol. The third kappa shape index (κ3) is 4.33. The monoisotopic (exact) mass is 353 g/mol. The van der Waals surface area contributed by atoms with Gasteiger partial charge in [-0.05, 0) is 30.7 Å². The molecule has 1 atom stereocenters. The minimum Gasteiger partial charge on any atom is -0.477 e. The Morgan fingerprint density at radius 1 is 1.12 bits per heavy atom. The van der Waals surface area contributed by atoms with Crippen LogP contribution in [-0.4, -0.2) is 37.6 Å². The summed E-state index contributed by atoms with van der Waals surface area (Å²) in [6.45, 7) is 3.08. The van der Waals surface area contributed by atoms with Crippen molar-refractivity contribution in [1.82, 2.24) is 5.32 Å². The zero-order chi connectivity index (χ0) is 18.4. The molecule has 0 bridgehead atoms. The van der Waals surface area contributed by atoms with Gasteiger partial charge in [0.2, 0.25) is 5.91 Å². The number of hydrogen-bond acceptors (Lipinski definition) is 4. The van der Waals surface area contributed by atoms with E-state index < -0.39 is 6.10 Å². The summed E-state index contributed by atoms with van der Waals surface area (Å²) < 4.78 is 5.84. The first-order valence-electron chi connectivity index (χ1n) is 8.80. The van der Waals surface area contributed by atoms with E-state index in [-0.39, 0.29) is 18.4 Å². The molecule has 2 amide bonds. The first-order chi connectivity index (χ1) is 12.7. The third-order valence-corrected chi connectivity index (χ3v) is 4.10. The van der Waals surface area contributed by atoms with E-state index >= 15 is 0 Å². The molecule has 2 aromatic rings. The highest BCUT2D eigenvalue weighted by Crippen LogP contribution is 2.32. The second-order valence-electron chi connectivity index (χ2n) is 6.16. The largest absolute Gasteiger partial charge is 0.477 e. The van der Waals surface area contributed by atoms with Crippen molar-refractivity contribution in [1.29, 1.82) is 0 Å². The van der Waals surface area contributed by atoms with Gasteiger partial charge in [0, 0.05) is 12.2 Å². The predicted octanol–water partition coefficient (Wildman–Crippen LogP) is 2.42. The van der Waals surface area contributed by atoms with E-state index in [0.29, 0.717) is 18.8 Å². The van der Waals surface area contributed by atoms with Crippen LogP contribution in [0.1, 0.15) is 13.3 Å². The number of nitrogens with one attached hydrogen (secondary N) is 2. The van der Waals surface area contributed by atoms with Gasteiger partial charge >= 0.3 is 0 Å². The van der Waals surface area contributed by atoms with Crippen molar-refractivity contribution in [2.24, 2.45) is 0 Å². The molecule has 0 unspecified atom stereocenters. The molecular weight excluding hydrogens is 330 g/mol. The second kappa shape index (κ2) is 8.38. The zero-order valence-corrected chi connectivity index (χ0v) is 14.8. The van der Waals surface area contributed by atoms with Gasteiger partial charge in [-0.1, -0.05) is 37.3 Å². The fourth-order valence-corrected chi connectivity index (χ4v) is 2.85. The Balaban J connectivity index is 1.72. The summed E-state index contributed by atoms with van der Waals surface area (Å²) in [5.41, 5.74) is 1.56. The lowest BCUT2D eigenvalue weighted by atomic mass is 10.1. The quantitative estimate of drug-likeness (QED) is 0.837. The lowest BCUT2D eigenvalue weighted by molar-refractivity contribution is -0.128. The number of fused-ring (bicyclic) bond motifs is 1. The lowest BCUT2D eigenvalue weighted by Gasteiger charge is -2.35. The summed E-state index contributed by atoms with van der Waals surface area (Å²) in [5.74, 6) is 0.318. The summed E-state index contributed by atoms with van der Waals surface area (Å²) in [6.07, 6.45) is 0.221. The Bertz CT molecular complexity index is 764. The minimum atomic E-state index is -0.638. The maximum absolute atomic E-state index is 12.4. The molecule has 0 saturated carbocycles. The molecule has 0 saturated heterocycles. The Morgan fingerprint density at radius 3 is 2.62 bits per heavy atom. The average Bonchev–Trinajstić information content (AvgIpc) is 2.66. The second-order valence-corrected chi connectivity index (χ2v) is 6.16. The van der Waals surface area contributed by atoms with E-state index in [1.807, 2.05) is 66.4 Å². The SMILES string of the molecule is CCCNC(=O)[C@H]1CN(CC(=O)Nc2ccccc2)c2ccccc2O1. The Morgan fingerprint density at radius 2 is 1.85 bits per heavy atom. The molecule has 0 aromatic heterocycles. The van der Waals surface area contributed by atoms with Crippen molar-refractivity contribution < 1.29 is 14.3 Å². The first-order valence-corrected chi connectivity index (χ1v) is 8.80. The van der Waals surface area contributed by atoms with Gasteiger partial charge in [-0.2, -0.15) is 0 Å². The Hall–Kier alpha value is -3.02. The maximum atomic E-state index is 12.4. The summed E-state index contributed by atoms with van der Waals surface area (Å²) in [5, 5.41) is 5.73. The van der Waals surface area contributed by atoms with Crippen LogP contribution in [0.15, 0.2) is 54.6 Å². The van der Waals surface area contributed by atoms with Crippen LogP contribution in [0.2, 0.25) is 0 Å². The van der Waals surface area contributed by atoms with E-state index in [4.69, 9.17) is 4.74 Å². The number of carbonyl (C=O) groups is 2. The number of carbonyl (C=O) groups excluding carboxylic acids is 2. The van der Waals surface area contributed by atoms with Crippen LogP contribution in [0, 0.1) is 0 Å². The number of amides is 2. The fraction of sp³-hybridized carbons (Fsp3) is 0.300. The van der Waals surface area contributed by atoms with E-state index in [1.165, 1.54) is 0 Å². The molecule has 0 aliphatic carbocycles. The minimum absolute atomic E-state index is 0.138. The average molecular weight is 353 g/mol. The number of ether oxygens (including phenoxy) is 1. The summed E-state index contributed by atoms with van der Waals surface area (Å²) in [6, 6.07) is 16.8. The van der Waals surface area contributed by atoms with Crippen molar-refractivity contribution in [3.63, 3.8) is 0 Å². The van der Waals surface area contributed by atoms with E-state index in [0.717, 1.165) is 17.8 Å². The molecule has 136 valence electrons. The highest BCUT2D eigenvalue weighted by molar-refractivity contribution is 5.94. The molecule has 3 rings (SSSR count). The molecule has 1 aliphatic rings. The van der Waals surface area contributed by atoms with Crippen LogP contribution >= 0.6 is 0 Å². The summed E-state index contributed by atoms with van der Waals surface area (Å²) >= 11 is 0. The molecule has 1 aliphatic heterocycles. The van der Waals surface area contributed by atoms with E-state index in [9.17, 15) is 9.59 Å². The number of nitrogens with zero attached hydrogens (tertiary/aromatic N) is 1. The van der Waals surface area contributed by atoms with Gasteiger partial charge < -0.3 is 20.3 Å². The van der Waals surface area contributed by atoms with Gasteiger partial charge in [0.25, 0.3) is 5.91 Å². The Labute approximate surface area is 153 Å². The Kier molecular flexibility index (Phi) is 5.73. The maximum Gasteiger partial charge on any atom is 0.262 e. The summed E-state index contributed by atoms with van der Waals surface area (Å²) in [7, 11) is 0. The van der Waals surface area contributed by atoms with Gasteiger partial charge in [-0.3, -0.25) is 9.59 Å². The van der Waals surface area contributed by atoms with Crippen LogP contribution in [0.3, 0.4) is 0 Å². The molecule has 0 spiro atoms. The topological polar surface area (TPSA) is 70.7 Å². The molecule has 1 heterocycles.